The largest absolute Gasteiger partial charge is 0.481 e. The van der Waals surface area contributed by atoms with E-state index in [4.69, 9.17) is 21.5 Å². The topological polar surface area (TPSA) is 62.1 Å². The van der Waals surface area contributed by atoms with Crippen molar-refractivity contribution in [3.8, 4) is 0 Å². The Balaban J connectivity index is 1.33. The van der Waals surface area contributed by atoms with Crippen molar-refractivity contribution in [2.75, 3.05) is 13.1 Å². The van der Waals surface area contributed by atoms with Crippen molar-refractivity contribution in [3.63, 3.8) is 0 Å². The van der Waals surface area contributed by atoms with Crippen LogP contribution in [0.5, 0.6) is 0 Å². The second-order valence-electron chi connectivity index (χ2n) is 7.14. The summed E-state index contributed by atoms with van der Waals surface area (Å²) in [7, 11) is 0. The molecule has 0 amide bonds. The number of aliphatic carboxylic acids is 1. The molecule has 2 aromatic rings. The van der Waals surface area contributed by atoms with Crippen LogP contribution in [0.1, 0.15) is 34.8 Å². The minimum atomic E-state index is -0.701. The highest BCUT2D eigenvalue weighted by Gasteiger charge is 2.32. The van der Waals surface area contributed by atoms with Gasteiger partial charge in [0.1, 0.15) is 0 Å². The van der Waals surface area contributed by atoms with E-state index >= 15 is 0 Å². The van der Waals surface area contributed by atoms with E-state index in [-0.39, 0.29) is 12.0 Å². The number of benzene rings is 2. The summed E-state index contributed by atoms with van der Waals surface area (Å²) in [4.78, 5) is 18.6. The Morgan fingerprint density at radius 3 is 2.41 bits per heavy atom. The summed E-state index contributed by atoms with van der Waals surface area (Å²) in [6.45, 7) is 2.03. The summed E-state index contributed by atoms with van der Waals surface area (Å²) >= 11 is 5.84. The minimum Gasteiger partial charge on any atom is -0.481 e. The van der Waals surface area contributed by atoms with Crippen LogP contribution in [0.2, 0.25) is 0 Å². The van der Waals surface area contributed by atoms with E-state index in [2.05, 4.69) is 34.3 Å². The molecule has 0 radical (unpaired) electrons. The van der Waals surface area contributed by atoms with Gasteiger partial charge in [0.25, 0.3) is 0 Å². The number of hydrogen-bond acceptors (Lipinski definition) is 4. The van der Waals surface area contributed by atoms with Gasteiger partial charge in [-0.05, 0) is 22.3 Å². The van der Waals surface area contributed by atoms with E-state index in [1.165, 1.54) is 5.56 Å². The molecule has 5 nitrogen and oxygen atoms in total. The van der Waals surface area contributed by atoms with Crippen LogP contribution in [-0.2, 0) is 22.1 Å². The normalized spacial score (nSPS) is 20.0. The maximum absolute atomic E-state index is 10.9. The van der Waals surface area contributed by atoms with Crippen LogP contribution in [0.4, 0.5) is 0 Å². The highest BCUT2D eigenvalue weighted by Crippen LogP contribution is 2.30. The summed E-state index contributed by atoms with van der Waals surface area (Å²) in [6, 6.07) is 16.4. The molecule has 2 aromatic carbocycles. The number of oxime groups is 1. The van der Waals surface area contributed by atoms with E-state index in [0.29, 0.717) is 19.0 Å². The van der Waals surface area contributed by atoms with Gasteiger partial charge in [0, 0.05) is 31.9 Å². The molecule has 27 heavy (non-hydrogen) atoms. The van der Waals surface area contributed by atoms with E-state index in [1.54, 1.807) is 0 Å². The van der Waals surface area contributed by atoms with Gasteiger partial charge < -0.3 is 9.94 Å². The quantitative estimate of drug-likeness (QED) is 0.769. The zero-order valence-electron chi connectivity index (χ0n) is 14.8. The fourth-order valence-corrected chi connectivity index (χ4v) is 3.64. The van der Waals surface area contributed by atoms with Gasteiger partial charge in [-0.25, -0.2) is 0 Å². The van der Waals surface area contributed by atoms with Gasteiger partial charge in [-0.3, -0.25) is 9.69 Å². The van der Waals surface area contributed by atoms with E-state index < -0.39 is 5.97 Å². The number of nitrogens with zero attached hydrogens (tertiary/aromatic N) is 2. The van der Waals surface area contributed by atoms with Gasteiger partial charge in [0.2, 0.25) is 0 Å². The smallest absolute Gasteiger partial charge is 0.309 e. The lowest BCUT2D eigenvalue weighted by atomic mass is 9.97. The molecule has 140 valence electrons. The van der Waals surface area contributed by atoms with E-state index in [0.717, 1.165) is 35.4 Å². The van der Waals surface area contributed by atoms with Crippen molar-refractivity contribution in [1.82, 2.24) is 4.90 Å². The average Bonchev–Trinajstić information content (AvgIpc) is 3.15. The molecule has 0 aromatic heterocycles. The number of halogens is 1. The summed E-state index contributed by atoms with van der Waals surface area (Å²) in [6.07, 6.45) is 0.685. The fraction of sp³-hybridized carbons (Fsp3) is 0.333. The standard InChI is InChI=1S/C21H21ClN2O3/c22-10-14-1-7-17(8-2-14)20-9-19(23-27-20)16-5-3-15(4-6-16)11-24-12-18(13-24)21(25)26/h1-8,18,20H,9-13H2,(H,25,26). The zero-order chi connectivity index (χ0) is 18.8. The first-order valence-electron chi connectivity index (χ1n) is 9.04. The Hall–Kier alpha value is -2.37. The number of hydrogen-bond donors (Lipinski definition) is 1. The highest BCUT2D eigenvalue weighted by molar-refractivity contribution is 6.17. The van der Waals surface area contributed by atoms with Gasteiger partial charge >= 0.3 is 5.97 Å². The van der Waals surface area contributed by atoms with Gasteiger partial charge in [-0.1, -0.05) is 53.7 Å². The lowest BCUT2D eigenvalue weighted by molar-refractivity contribution is -0.147. The predicted octanol–water partition coefficient (Wildman–Crippen LogP) is 3.81. The van der Waals surface area contributed by atoms with Crippen molar-refractivity contribution in [2.24, 2.45) is 11.1 Å². The molecule has 1 atom stereocenters. The maximum Gasteiger partial charge on any atom is 0.309 e. The summed E-state index contributed by atoms with van der Waals surface area (Å²) < 4.78 is 0. The molecule has 0 saturated carbocycles. The molecule has 1 unspecified atom stereocenters. The maximum atomic E-state index is 10.9. The molecule has 1 saturated heterocycles. The van der Waals surface area contributed by atoms with Crippen LogP contribution in [-0.4, -0.2) is 34.8 Å². The Kier molecular flexibility index (Phi) is 5.14. The summed E-state index contributed by atoms with van der Waals surface area (Å²) in [5, 5.41) is 13.2. The molecule has 6 heteroatoms. The van der Waals surface area contributed by atoms with Gasteiger partial charge in [-0.2, -0.15) is 0 Å². The fourth-order valence-electron chi connectivity index (χ4n) is 3.46. The Morgan fingerprint density at radius 1 is 1.11 bits per heavy atom. The minimum absolute atomic E-state index is 0.0573. The van der Waals surface area contributed by atoms with Crippen molar-refractivity contribution in [2.45, 2.75) is 24.9 Å². The van der Waals surface area contributed by atoms with E-state index in [9.17, 15) is 4.79 Å². The number of carboxylic acid groups (broad SMARTS) is 1. The lowest BCUT2D eigenvalue weighted by Gasteiger charge is -2.36. The van der Waals surface area contributed by atoms with Gasteiger partial charge in [-0.15, -0.1) is 11.6 Å². The van der Waals surface area contributed by atoms with Gasteiger partial charge in [0.15, 0.2) is 6.10 Å². The molecule has 0 spiro atoms. The molecule has 0 bridgehead atoms. The van der Waals surface area contributed by atoms with Crippen LogP contribution in [0.15, 0.2) is 53.7 Å². The number of likely N-dealkylation sites (tertiary alicyclic amines) is 1. The molecular weight excluding hydrogens is 364 g/mol. The molecule has 4 rings (SSSR count). The Morgan fingerprint density at radius 2 is 1.78 bits per heavy atom. The molecule has 1 N–H and O–H groups in total. The van der Waals surface area contributed by atoms with Crippen LogP contribution in [0.25, 0.3) is 0 Å². The van der Waals surface area contributed by atoms with Crippen molar-refractivity contribution < 1.29 is 14.7 Å². The third-order valence-electron chi connectivity index (χ3n) is 5.17. The average molecular weight is 385 g/mol. The van der Waals surface area contributed by atoms with Crippen LogP contribution in [0, 0.1) is 5.92 Å². The highest BCUT2D eigenvalue weighted by atomic mass is 35.5. The first-order valence-corrected chi connectivity index (χ1v) is 9.58. The second-order valence-corrected chi connectivity index (χ2v) is 7.40. The molecular formula is C21H21ClN2O3. The number of carbonyl (C=O) groups is 1. The van der Waals surface area contributed by atoms with Crippen molar-refractivity contribution in [3.05, 3.63) is 70.8 Å². The Labute approximate surface area is 163 Å². The lowest BCUT2D eigenvalue weighted by Crippen LogP contribution is -2.49. The molecule has 1 fully saturated rings. The van der Waals surface area contributed by atoms with Crippen molar-refractivity contribution >= 4 is 23.3 Å². The van der Waals surface area contributed by atoms with Crippen LogP contribution >= 0.6 is 11.6 Å². The van der Waals surface area contributed by atoms with Crippen LogP contribution in [0.3, 0.4) is 0 Å². The van der Waals surface area contributed by atoms with Crippen LogP contribution < -0.4 is 0 Å². The van der Waals surface area contributed by atoms with E-state index in [1.807, 2.05) is 24.3 Å². The first-order chi connectivity index (χ1) is 13.1. The third-order valence-corrected chi connectivity index (χ3v) is 5.48. The number of carboxylic acids is 1. The SMILES string of the molecule is O=C(O)C1CN(Cc2ccc(C3=NOC(c4ccc(CCl)cc4)C3)cc2)C1. The van der Waals surface area contributed by atoms with Gasteiger partial charge in [0.05, 0.1) is 11.6 Å². The number of alkyl halides is 1. The summed E-state index contributed by atoms with van der Waals surface area (Å²) in [5.74, 6) is -0.411. The molecule has 2 aliphatic rings. The molecule has 2 heterocycles. The summed E-state index contributed by atoms with van der Waals surface area (Å²) in [5.41, 5.74) is 5.38. The monoisotopic (exact) mass is 384 g/mol. The zero-order valence-corrected chi connectivity index (χ0v) is 15.6. The predicted molar refractivity (Wildman–Crippen MR) is 104 cm³/mol. The third kappa shape index (κ3) is 3.99. The number of rotatable bonds is 6. The second kappa shape index (κ2) is 7.71. The molecule has 2 aliphatic heterocycles. The van der Waals surface area contributed by atoms with Crippen molar-refractivity contribution in [1.29, 1.82) is 0 Å². The first kappa shape index (κ1) is 18.0. The Bertz CT molecular complexity index is 843. The molecule has 0 aliphatic carbocycles.